The minimum atomic E-state index is -4.19. The fourth-order valence-corrected chi connectivity index (χ4v) is 1.70. The van der Waals surface area contributed by atoms with Gasteiger partial charge in [0.25, 0.3) is 0 Å². The summed E-state index contributed by atoms with van der Waals surface area (Å²) in [6.07, 6.45) is -3.53. The lowest BCUT2D eigenvalue weighted by Crippen LogP contribution is -2.30. The zero-order chi connectivity index (χ0) is 10.8. The lowest BCUT2D eigenvalue weighted by molar-refractivity contribution is -0.195. The molecule has 1 N–H and O–H groups in total. The molecule has 0 aromatic heterocycles. The normalized spacial score (nSPS) is 22.1. The molecule has 1 fully saturated rings. The molecule has 6 heteroatoms. The van der Waals surface area contributed by atoms with Gasteiger partial charge in [-0.25, -0.2) is 0 Å². The molecule has 1 aliphatic rings. The van der Waals surface area contributed by atoms with E-state index >= 15 is 0 Å². The van der Waals surface area contributed by atoms with E-state index in [-0.39, 0.29) is 25.9 Å². The first-order valence-corrected chi connectivity index (χ1v) is 5.47. The van der Waals surface area contributed by atoms with Crippen molar-refractivity contribution >= 4 is 12.0 Å². The molecular formula is C8H13F3O2S. The molecule has 1 rings (SSSR count). The van der Waals surface area contributed by atoms with Gasteiger partial charge in [0.05, 0.1) is 18.1 Å². The van der Waals surface area contributed by atoms with Crippen molar-refractivity contribution in [2.45, 2.75) is 31.5 Å². The maximum absolute atomic E-state index is 12.4. The van der Waals surface area contributed by atoms with Crippen molar-refractivity contribution in [3.05, 3.63) is 0 Å². The van der Waals surface area contributed by atoms with E-state index in [0.29, 0.717) is 0 Å². The molecule has 84 valence electrons. The third-order valence-corrected chi connectivity index (χ3v) is 2.83. The van der Waals surface area contributed by atoms with E-state index in [0.717, 1.165) is 12.0 Å². The van der Waals surface area contributed by atoms with Crippen molar-refractivity contribution < 1.29 is 22.5 Å². The van der Waals surface area contributed by atoms with Gasteiger partial charge in [-0.1, -0.05) is 0 Å². The van der Waals surface area contributed by atoms with Crippen molar-refractivity contribution in [3.8, 4) is 0 Å². The minimum absolute atomic E-state index is 0.0427. The van der Waals surface area contributed by atoms with Crippen LogP contribution in [0.4, 0.5) is 13.2 Å². The topological polar surface area (TPSA) is 29.5 Å². The molecule has 1 saturated carbocycles. The molecule has 0 aromatic rings. The lowest BCUT2D eigenvalue weighted by Gasteiger charge is -2.21. The molecule has 14 heavy (non-hydrogen) atoms. The molecule has 0 saturated heterocycles. The Balaban J connectivity index is 2.36. The van der Waals surface area contributed by atoms with E-state index in [1.807, 2.05) is 0 Å². The van der Waals surface area contributed by atoms with Gasteiger partial charge in [0.1, 0.15) is 0 Å². The van der Waals surface area contributed by atoms with E-state index in [4.69, 9.17) is 4.18 Å². The highest BCUT2D eigenvalue weighted by Gasteiger charge is 2.63. The van der Waals surface area contributed by atoms with Crippen LogP contribution in [0.2, 0.25) is 0 Å². The Hall–Kier alpha value is 0.0600. The van der Waals surface area contributed by atoms with Crippen LogP contribution in [0.5, 0.6) is 0 Å². The average molecular weight is 230 g/mol. The van der Waals surface area contributed by atoms with Gasteiger partial charge in [0.2, 0.25) is 0 Å². The Morgan fingerprint density at radius 1 is 1.50 bits per heavy atom. The summed E-state index contributed by atoms with van der Waals surface area (Å²) in [6.45, 7) is -0.0427. The number of aliphatic hydroxyl groups excluding tert-OH is 1. The molecule has 1 atom stereocenters. The summed E-state index contributed by atoms with van der Waals surface area (Å²) in [7, 11) is 0. The first kappa shape index (κ1) is 12.1. The van der Waals surface area contributed by atoms with Gasteiger partial charge in [-0.3, -0.25) is 0 Å². The first-order valence-electron chi connectivity index (χ1n) is 4.32. The maximum atomic E-state index is 12.4. The van der Waals surface area contributed by atoms with Gasteiger partial charge in [-0.15, -0.1) is 0 Å². The van der Waals surface area contributed by atoms with E-state index < -0.39 is 17.7 Å². The second-order valence-electron chi connectivity index (χ2n) is 3.59. The highest BCUT2D eigenvalue weighted by atomic mass is 32.2. The quantitative estimate of drug-likeness (QED) is 0.735. The van der Waals surface area contributed by atoms with E-state index in [9.17, 15) is 18.3 Å². The summed E-state index contributed by atoms with van der Waals surface area (Å²) in [6, 6.07) is 0. The molecular weight excluding hydrogens is 217 g/mol. The Labute approximate surface area is 85.0 Å². The second-order valence-corrected chi connectivity index (χ2v) is 4.16. The van der Waals surface area contributed by atoms with Crippen molar-refractivity contribution in [1.29, 1.82) is 0 Å². The number of rotatable bonds is 5. The zero-order valence-electron chi connectivity index (χ0n) is 7.80. The molecule has 1 unspecified atom stereocenters. The Bertz CT molecular complexity index is 192. The number of aliphatic hydroxyl groups is 1. The zero-order valence-corrected chi connectivity index (χ0v) is 8.62. The standard InChI is InChI=1S/C8H13F3O2S/c1-14-13-5-6(12)4-7(2-3-7)8(9,10)11/h6,12H,2-5H2,1H3. The van der Waals surface area contributed by atoms with Crippen LogP contribution >= 0.6 is 12.0 Å². The molecule has 2 nitrogen and oxygen atoms in total. The number of hydrogen-bond acceptors (Lipinski definition) is 3. The van der Waals surface area contributed by atoms with Crippen molar-refractivity contribution in [1.82, 2.24) is 0 Å². The largest absolute Gasteiger partial charge is 0.394 e. The van der Waals surface area contributed by atoms with Gasteiger partial charge in [0.15, 0.2) is 0 Å². The minimum Gasteiger partial charge on any atom is -0.391 e. The molecule has 1 aliphatic carbocycles. The first-order chi connectivity index (χ1) is 6.41. The van der Waals surface area contributed by atoms with Crippen molar-refractivity contribution in [3.63, 3.8) is 0 Å². The van der Waals surface area contributed by atoms with Crippen LogP contribution in [0.3, 0.4) is 0 Å². The van der Waals surface area contributed by atoms with Crippen LogP contribution in [0.1, 0.15) is 19.3 Å². The summed E-state index contributed by atoms with van der Waals surface area (Å²) in [4.78, 5) is 0. The van der Waals surface area contributed by atoms with Crippen LogP contribution in [0, 0.1) is 5.41 Å². The fraction of sp³-hybridized carbons (Fsp3) is 1.00. The summed E-state index contributed by atoms with van der Waals surface area (Å²) in [5.74, 6) is 0. The molecule has 0 spiro atoms. The number of hydrogen-bond donors (Lipinski definition) is 1. The average Bonchev–Trinajstić information content (AvgIpc) is 2.80. The van der Waals surface area contributed by atoms with Crippen LogP contribution in [0.25, 0.3) is 0 Å². The SMILES string of the molecule is CSOCC(O)CC1(C(F)(F)F)CC1. The van der Waals surface area contributed by atoms with Gasteiger partial charge in [-0.05, 0) is 31.3 Å². The lowest BCUT2D eigenvalue weighted by atomic mass is 9.98. The second kappa shape index (κ2) is 4.28. The maximum Gasteiger partial charge on any atom is 0.394 e. The molecule has 0 radical (unpaired) electrons. The predicted molar refractivity (Wildman–Crippen MR) is 47.8 cm³/mol. The molecule has 0 heterocycles. The predicted octanol–water partition coefficient (Wildman–Crippen LogP) is 2.37. The third-order valence-electron chi connectivity index (χ3n) is 2.46. The molecule has 0 bridgehead atoms. The monoisotopic (exact) mass is 230 g/mol. The fourth-order valence-electron chi connectivity index (χ4n) is 1.41. The molecule has 0 amide bonds. The van der Waals surface area contributed by atoms with E-state index in [1.165, 1.54) is 0 Å². The number of alkyl halides is 3. The highest BCUT2D eigenvalue weighted by molar-refractivity contribution is 7.93. The van der Waals surface area contributed by atoms with Gasteiger partial charge >= 0.3 is 6.18 Å². The van der Waals surface area contributed by atoms with E-state index in [1.54, 1.807) is 6.26 Å². The van der Waals surface area contributed by atoms with Gasteiger partial charge in [-0.2, -0.15) is 13.2 Å². The summed E-state index contributed by atoms with van der Waals surface area (Å²) >= 11 is 1.04. The van der Waals surface area contributed by atoms with Crippen molar-refractivity contribution in [2.75, 3.05) is 12.9 Å². The van der Waals surface area contributed by atoms with Crippen LogP contribution in [-0.4, -0.2) is 30.2 Å². The van der Waals surface area contributed by atoms with Crippen LogP contribution < -0.4 is 0 Å². The third kappa shape index (κ3) is 2.77. The molecule has 0 aromatic carbocycles. The highest BCUT2D eigenvalue weighted by Crippen LogP contribution is 2.60. The summed E-state index contributed by atoms with van der Waals surface area (Å²) < 4.78 is 42.0. The Morgan fingerprint density at radius 2 is 2.07 bits per heavy atom. The Kier molecular flexibility index (Phi) is 3.71. The smallest absolute Gasteiger partial charge is 0.391 e. The van der Waals surface area contributed by atoms with E-state index in [2.05, 4.69) is 0 Å². The number of halogens is 3. The van der Waals surface area contributed by atoms with Gasteiger partial charge in [0, 0.05) is 6.26 Å². The van der Waals surface area contributed by atoms with Gasteiger partial charge < -0.3 is 9.29 Å². The summed E-state index contributed by atoms with van der Waals surface area (Å²) in [5.41, 5.74) is -1.63. The van der Waals surface area contributed by atoms with Crippen LogP contribution in [0.15, 0.2) is 0 Å². The summed E-state index contributed by atoms with van der Waals surface area (Å²) in [5, 5.41) is 9.28. The van der Waals surface area contributed by atoms with Crippen molar-refractivity contribution in [2.24, 2.45) is 5.41 Å². The Morgan fingerprint density at radius 3 is 2.43 bits per heavy atom. The van der Waals surface area contributed by atoms with Crippen LogP contribution in [-0.2, 0) is 4.18 Å². The molecule has 0 aliphatic heterocycles.